The molecule has 0 atom stereocenters. The fourth-order valence-corrected chi connectivity index (χ4v) is 4.83. The molecule has 0 amide bonds. The summed E-state index contributed by atoms with van der Waals surface area (Å²) in [6.07, 6.45) is 0. The Morgan fingerprint density at radius 3 is 1.59 bits per heavy atom. The van der Waals surface area contributed by atoms with E-state index in [0.29, 0.717) is 15.9 Å². The van der Waals surface area contributed by atoms with Crippen molar-refractivity contribution in [3.63, 3.8) is 0 Å². The molecule has 2 aromatic heterocycles. The molecular weight excluding hydrogens is 380 g/mol. The molecule has 0 radical (unpaired) electrons. The number of nitrogens with zero attached hydrogens (tertiary/aromatic N) is 4. The van der Waals surface area contributed by atoms with E-state index in [4.69, 9.17) is 0 Å². The van der Waals surface area contributed by atoms with Crippen LogP contribution in [0, 0.1) is 34.6 Å². The number of phenolic OH excluding ortho intramolecular Hbond substituents is 2. The Labute approximate surface area is 166 Å². The summed E-state index contributed by atoms with van der Waals surface area (Å²) < 4.78 is 0. The van der Waals surface area contributed by atoms with Gasteiger partial charge >= 0.3 is 0 Å². The van der Waals surface area contributed by atoms with Gasteiger partial charge in [-0.25, -0.2) is 19.9 Å². The van der Waals surface area contributed by atoms with Crippen LogP contribution >= 0.6 is 23.5 Å². The average Bonchev–Trinajstić information content (AvgIpc) is 2.55. The molecule has 0 aliphatic rings. The second-order valence-corrected chi connectivity index (χ2v) is 8.25. The van der Waals surface area contributed by atoms with Crippen LogP contribution in [0.5, 0.6) is 11.5 Å². The number of hydrogen-bond donors (Lipinski definition) is 2. The Bertz CT molecular complexity index is 985. The second kappa shape index (κ2) is 7.74. The van der Waals surface area contributed by atoms with Gasteiger partial charge in [0.05, 0.1) is 0 Å². The van der Waals surface area contributed by atoms with Crippen molar-refractivity contribution in [2.45, 2.75) is 54.7 Å². The number of hydrogen-bond acceptors (Lipinski definition) is 8. The predicted molar refractivity (Wildman–Crippen MR) is 106 cm³/mol. The molecule has 0 aliphatic carbocycles. The van der Waals surface area contributed by atoms with Gasteiger partial charge < -0.3 is 10.2 Å². The highest BCUT2D eigenvalue weighted by Crippen LogP contribution is 2.45. The number of aromatic hydroxyl groups is 2. The fraction of sp³-hybridized carbons (Fsp3) is 0.263. The zero-order valence-electron chi connectivity index (χ0n) is 15.7. The number of rotatable bonds is 4. The molecule has 3 rings (SSSR count). The maximum absolute atomic E-state index is 10.2. The Morgan fingerprint density at radius 2 is 1.11 bits per heavy atom. The molecule has 140 valence electrons. The lowest BCUT2D eigenvalue weighted by Gasteiger charge is -2.14. The van der Waals surface area contributed by atoms with Gasteiger partial charge in [-0.05, 0) is 76.3 Å². The van der Waals surface area contributed by atoms with Crippen molar-refractivity contribution in [1.82, 2.24) is 19.9 Å². The quantitative estimate of drug-likeness (QED) is 0.488. The highest BCUT2D eigenvalue weighted by molar-refractivity contribution is 8.02. The lowest BCUT2D eigenvalue weighted by atomic mass is 10.2. The Morgan fingerprint density at radius 1 is 0.667 bits per heavy atom. The second-order valence-electron chi connectivity index (χ2n) is 6.27. The first kappa shape index (κ1) is 19.4. The Kier molecular flexibility index (Phi) is 5.57. The third kappa shape index (κ3) is 4.51. The van der Waals surface area contributed by atoms with Gasteiger partial charge in [0, 0.05) is 38.1 Å². The third-order valence-corrected chi connectivity index (χ3v) is 5.88. The molecule has 0 unspecified atom stereocenters. The number of phenols is 2. The molecule has 2 heterocycles. The molecule has 2 N–H and O–H groups in total. The standard InChI is InChI=1S/C19H20N4O2S2/c1-9-6-10(2)21-18(20-9)26-15-8-14(24)16(25)13(5)17(15)27-19-22-11(3)7-12(4)23-19/h6-8,24-25H,1-5H3. The Hall–Kier alpha value is -2.32. The van der Waals surface area contributed by atoms with Crippen LogP contribution in [0.3, 0.4) is 0 Å². The molecule has 0 saturated heterocycles. The highest BCUT2D eigenvalue weighted by Gasteiger charge is 2.19. The van der Waals surface area contributed by atoms with Gasteiger partial charge in [-0.15, -0.1) is 0 Å². The van der Waals surface area contributed by atoms with Crippen molar-refractivity contribution in [1.29, 1.82) is 0 Å². The fourth-order valence-electron chi connectivity index (χ4n) is 2.61. The molecule has 1 aromatic carbocycles. The smallest absolute Gasteiger partial charge is 0.192 e. The molecule has 0 aliphatic heterocycles. The maximum Gasteiger partial charge on any atom is 0.192 e. The van der Waals surface area contributed by atoms with Crippen molar-refractivity contribution in [2.75, 3.05) is 0 Å². The third-order valence-electron chi connectivity index (χ3n) is 3.75. The summed E-state index contributed by atoms with van der Waals surface area (Å²) in [5, 5.41) is 21.5. The summed E-state index contributed by atoms with van der Waals surface area (Å²) in [6.45, 7) is 9.42. The van der Waals surface area contributed by atoms with Crippen LogP contribution in [0.2, 0.25) is 0 Å². The first-order valence-corrected chi connectivity index (χ1v) is 9.92. The summed E-state index contributed by atoms with van der Waals surface area (Å²) in [6, 6.07) is 5.34. The monoisotopic (exact) mass is 400 g/mol. The minimum absolute atomic E-state index is 0.146. The zero-order chi connectivity index (χ0) is 19.7. The van der Waals surface area contributed by atoms with Crippen LogP contribution in [-0.2, 0) is 0 Å². The summed E-state index contributed by atoms with van der Waals surface area (Å²) in [7, 11) is 0. The van der Waals surface area contributed by atoms with Gasteiger partial charge in [0.15, 0.2) is 21.8 Å². The first-order chi connectivity index (χ1) is 12.7. The van der Waals surface area contributed by atoms with Crippen molar-refractivity contribution in [3.05, 3.63) is 46.5 Å². The van der Waals surface area contributed by atoms with E-state index in [0.717, 1.165) is 32.6 Å². The van der Waals surface area contributed by atoms with Crippen molar-refractivity contribution in [2.24, 2.45) is 0 Å². The van der Waals surface area contributed by atoms with Crippen molar-refractivity contribution >= 4 is 23.5 Å². The van der Waals surface area contributed by atoms with Crippen LogP contribution in [0.1, 0.15) is 28.3 Å². The maximum atomic E-state index is 10.2. The molecule has 0 saturated carbocycles. The average molecular weight is 401 g/mol. The lowest BCUT2D eigenvalue weighted by Crippen LogP contribution is -1.96. The van der Waals surface area contributed by atoms with E-state index in [1.54, 1.807) is 6.92 Å². The van der Waals surface area contributed by atoms with E-state index < -0.39 is 0 Å². The van der Waals surface area contributed by atoms with Crippen molar-refractivity contribution < 1.29 is 10.2 Å². The van der Waals surface area contributed by atoms with Gasteiger partial charge in [-0.3, -0.25) is 0 Å². The van der Waals surface area contributed by atoms with Gasteiger partial charge in [-0.1, -0.05) is 0 Å². The van der Waals surface area contributed by atoms with E-state index >= 15 is 0 Å². The summed E-state index contributed by atoms with van der Waals surface area (Å²) in [5.41, 5.74) is 4.05. The molecule has 0 bridgehead atoms. The molecule has 6 nitrogen and oxygen atoms in total. The Balaban J connectivity index is 2.07. The molecule has 0 spiro atoms. The molecule has 3 aromatic rings. The van der Waals surface area contributed by atoms with Crippen LogP contribution < -0.4 is 0 Å². The van der Waals surface area contributed by atoms with Crippen molar-refractivity contribution in [3.8, 4) is 11.5 Å². The summed E-state index contributed by atoms with van der Waals surface area (Å²) in [5.74, 6) is -0.322. The largest absolute Gasteiger partial charge is 0.504 e. The first-order valence-electron chi connectivity index (χ1n) is 8.28. The lowest BCUT2D eigenvalue weighted by molar-refractivity contribution is 0.397. The summed E-state index contributed by atoms with van der Waals surface area (Å²) >= 11 is 2.69. The van der Waals surface area contributed by atoms with Crippen LogP contribution in [-0.4, -0.2) is 30.1 Å². The van der Waals surface area contributed by atoms with E-state index in [9.17, 15) is 10.2 Å². The van der Waals surface area contributed by atoms with Crippen LogP contribution in [0.15, 0.2) is 38.3 Å². The topological polar surface area (TPSA) is 92.0 Å². The summed E-state index contributed by atoms with van der Waals surface area (Å²) in [4.78, 5) is 19.3. The number of aryl methyl sites for hydroxylation is 4. The van der Waals surface area contributed by atoms with Crippen LogP contribution in [0.4, 0.5) is 0 Å². The van der Waals surface area contributed by atoms with E-state index in [2.05, 4.69) is 19.9 Å². The zero-order valence-corrected chi connectivity index (χ0v) is 17.4. The van der Waals surface area contributed by atoms with Gasteiger partial charge in [0.1, 0.15) is 0 Å². The van der Waals surface area contributed by atoms with Gasteiger partial charge in [0.2, 0.25) is 0 Å². The predicted octanol–water partition coefficient (Wildman–Crippen LogP) is 4.52. The van der Waals surface area contributed by atoms with E-state index in [-0.39, 0.29) is 11.5 Å². The minimum atomic E-state index is -0.176. The normalized spacial score (nSPS) is 11.0. The molecule has 8 heteroatoms. The van der Waals surface area contributed by atoms with E-state index in [1.807, 2.05) is 39.8 Å². The SMILES string of the molecule is Cc1cc(C)nc(Sc2cc(O)c(O)c(C)c2Sc2nc(C)cc(C)n2)n1. The number of benzene rings is 1. The van der Waals surface area contributed by atoms with E-state index in [1.165, 1.54) is 29.6 Å². The van der Waals surface area contributed by atoms with Gasteiger partial charge in [0.25, 0.3) is 0 Å². The molecule has 27 heavy (non-hydrogen) atoms. The van der Waals surface area contributed by atoms with Gasteiger partial charge in [-0.2, -0.15) is 0 Å². The van der Waals surface area contributed by atoms with Crippen LogP contribution in [0.25, 0.3) is 0 Å². The number of aromatic nitrogens is 4. The minimum Gasteiger partial charge on any atom is -0.504 e. The molecular formula is C19H20N4O2S2. The molecule has 0 fully saturated rings. The highest BCUT2D eigenvalue weighted by atomic mass is 32.2.